The van der Waals surface area contributed by atoms with E-state index in [-0.39, 0.29) is 73.6 Å². The maximum absolute atomic E-state index is 12.7. The molecule has 192 valence electrons. The van der Waals surface area contributed by atoms with Crippen molar-refractivity contribution in [3.63, 3.8) is 0 Å². The minimum atomic E-state index is -0.827. The summed E-state index contributed by atoms with van der Waals surface area (Å²) in [6, 6.07) is 0. The molecule has 5 amide bonds. The normalized spacial score (nSPS) is 26.1. The van der Waals surface area contributed by atoms with Crippen molar-refractivity contribution in [2.75, 3.05) is 19.6 Å². The number of allylic oxidation sites excluding steroid dienone is 2. The maximum Gasteiger partial charge on any atom is 0.333 e. The fourth-order valence-electron chi connectivity index (χ4n) is 5.69. The van der Waals surface area contributed by atoms with Gasteiger partial charge in [-0.2, -0.15) is 0 Å². The molecule has 0 aromatic carbocycles. The third-order valence-electron chi connectivity index (χ3n) is 7.50. The van der Waals surface area contributed by atoms with Crippen LogP contribution in [0.15, 0.2) is 12.2 Å². The number of carbonyl (C=O) groups excluding carboxylic acids is 6. The lowest BCUT2D eigenvalue weighted by molar-refractivity contribution is -0.197. The number of unbranched alkanes of at least 4 members (excludes halogenated alkanes) is 3. The molecule has 0 aromatic rings. The van der Waals surface area contributed by atoms with Crippen molar-refractivity contribution in [1.82, 2.24) is 14.9 Å². The summed E-state index contributed by atoms with van der Waals surface area (Å²) in [6.07, 6.45) is 13.1. The topological polar surface area (TPSA) is 121 Å². The summed E-state index contributed by atoms with van der Waals surface area (Å²) in [7, 11) is 0. The number of fused-ring (bicyclic) bond motifs is 5. The number of hydrogen-bond donors (Lipinski definition) is 0. The summed E-state index contributed by atoms with van der Waals surface area (Å²) in [6.45, 7) is 0.954. The number of likely N-dealkylation sites (tertiary alicyclic amines) is 1. The molecule has 1 saturated carbocycles. The van der Waals surface area contributed by atoms with Crippen molar-refractivity contribution < 1.29 is 33.6 Å². The summed E-state index contributed by atoms with van der Waals surface area (Å²) in [5.74, 6) is 0.221. The van der Waals surface area contributed by atoms with Crippen LogP contribution in [0.25, 0.3) is 0 Å². The van der Waals surface area contributed by atoms with Gasteiger partial charge in [-0.05, 0) is 31.1 Å². The van der Waals surface area contributed by atoms with Crippen LogP contribution >= 0.6 is 0 Å². The summed E-state index contributed by atoms with van der Waals surface area (Å²) in [4.78, 5) is 80.6. The Morgan fingerprint density at radius 1 is 0.944 bits per heavy atom. The van der Waals surface area contributed by atoms with Crippen molar-refractivity contribution in [2.45, 2.75) is 57.8 Å². The van der Waals surface area contributed by atoms with Gasteiger partial charge >= 0.3 is 5.97 Å². The van der Waals surface area contributed by atoms with Gasteiger partial charge in [0.15, 0.2) is 0 Å². The minimum Gasteiger partial charge on any atom is -0.332 e. The molecule has 4 atom stereocenters. The first kappa shape index (κ1) is 25.6. The van der Waals surface area contributed by atoms with Crippen LogP contribution in [0.1, 0.15) is 57.8 Å². The van der Waals surface area contributed by atoms with E-state index in [9.17, 15) is 28.8 Å². The number of nitrogens with zero attached hydrogens (tertiary/aromatic N) is 3. The van der Waals surface area contributed by atoms with Crippen molar-refractivity contribution in [3.8, 4) is 12.3 Å². The molecule has 4 rings (SSSR count). The zero-order valence-corrected chi connectivity index (χ0v) is 20.2. The highest BCUT2D eigenvalue weighted by molar-refractivity contribution is 6.06. The highest BCUT2D eigenvalue weighted by atomic mass is 16.7. The molecule has 0 aromatic heterocycles. The van der Waals surface area contributed by atoms with Gasteiger partial charge in [-0.25, -0.2) is 4.79 Å². The van der Waals surface area contributed by atoms with E-state index in [1.54, 1.807) is 0 Å². The third kappa shape index (κ3) is 5.20. The van der Waals surface area contributed by atoms with Crippen LogP contribution in [0.4, 0.5) is 0 Å². The quantitative estimate of drug-likeness (QED) is 0.172. The van der Waals surface area contributed by atoms with Crippen LogP contribution in [0, 0.1) is 36.0 Å². The fraction of sp³-hybridized carbons (Fsp3) is 0.615. The first-order chi connectivity index (χ1) is 17.3. The van der Waals surface area contributed by atoms with Crippen molar-refractivity contribution in [3.05, 3.63) is 12.2 Å². The van der Waals surface area contributed by atoms with Gasteiger partial charge in [0.05, 0.1) is 24.8 Å². The molecule has 0 N–H and O–H groups in total. The van der Waals surface area contributed by atoms with E-state index in [1.807, 2.05) is 0 Å². The number of rotatable bonds is 12. The molecule has 2 saturated heterocycles. The Balaban J connectivity index is 1.12. The van der Waals surface area contributed by atoms with E-state index < -0.39 is 17.8 Å². The average Bonchev–Trinajstić information content (AvgIpc) is 3.61. The monoisotopic (exact) mass is 497 g/mol. The third-order valence-corrected chi connectivity index (χ3v) is 7.50. The van der Waals surface area contributed by atoms with E-state index in [1.165, 1.54) is 9.80 Å². The highest BCUT2D eigenvalue weighted by Gasteiger charge is 2.58. The Morgan fingerprint density at radius 2 is 1.56 bits per heavy atom. The zero-order chi connectivity index (χ0) is 25.8. The Kier molecular flexibility index (Phi) is 7.87. The number of hydroxylamine groups is 2. The second-order valence-electron chi connectivity index (χ2n) is 9.81. The highest BCUT2D eigenvalue weighted by Crippen LogP contribution is 2.52. The lowest BCUT2D eigenvalue weighted by Gasteiger charge is -2.20. The first-order valence-electron chi connectivity index (χ1n) is 12.6. The summed E-state index contributed by atoms with van der Waals surface area (Å²) < 4.78 is 0. The molecule has 4 aliphatic rings. The molecule has 10 nitrogen and oxygen atoms in total. The van der Waals surface area contributed by atoms with Crippen LogP contribution in [-0.4, -0.2) is 70.0 Å². The van der Waals surface area contributed by atoms with E-state index in [4.69, 9.17) is 11.3 Å². The number of carbonyl (C=O) groups is 6. The van der Waals surface area contributed by atoms with Crippen LogP contribution in [0.5, 0.6) is 0 Å². The van der Waals surface area contributed by atoms with Crippen molar-refractivity contribution in [2.24, 2.45) is 23.7 Å². The molecule has 2 aliphatic heterocycles. The summed E-state index contributed by atoms with van der Waals surface area (Å²) >= 11 is 0. The SMILES string of the molecule is C#CCN(CCCCCCN1C(=O)[C@@H]2C3C=CC(C3)[C@@H]2C1=O)C(=O)CCC(=O)ON1C(=O)CCC1=O. The molecule has 2 unspecified atom stereocenters. The average molecular weight is 498 g/mol. The van der Waals surface area contributed by atoms with E-state index in [0.29, 0.717) is 31.0 Å². The van der Waals surface area contributed by atoms with Gasteiger partial charge in [0.25, 0.3) is 11.8 Å². The van der Waals surface area contributed by atoms with Crippen molar-refractivity contribution >= 4 is 35.5 Å². The molecule has 3 fully saturated rings. The molecular formula is C26H31N3O7. The molecule has 0 spiro atoms. The first-order valence-corrected chi connectivity index (χ1v) is 12.6. The minimum absolute atomic E-state index is 0.00504. The van der Waals surface area contributed by atoms with E-state index in [0.717, 1.165) is 19.3 Å². The van der Waals surface area contributed by atoms with Crippen LogP contribution < -0.4 is 0 Å². The number of amides is 5. The van der Waals surface area contributed by atoms with Crippen LogP contribution in [-0.2, 0) is 33.6 Å². The van der Waals surface area contributed by atoms with Crippen LogP contribution in [0.2, 0.25) is 0 Å². The van der Waals surface area contributed by atoms with Gasteiger partial charge in [0.1, 0.15) is 0 Å². The summed E-state index contributed by atoms with van der Waals surface area (Å²) in [5, 5.41) is 0.461. The van der Waals surface area contributed by atoms with Crippen molar-refractivity contribution in [1.29, 1.82) is 0 Å². The molecule has 0 radical (unpaired) electrons. The molecule has 2 aliphatic carbocycles. The number of terminal acetylenes is 1. The fourth-order valence-corrected chi connectivity index (χ4v) is 5.69. The van der Waals surface area contributed by atoms with E-state index in [2.05, 4.69) is 18.1 Å². The Morgan fingerprint density at radius 3 is 2.17 bits per heavy atom. The lowest BCUT2D eigenvalue weighted by Crippen LogP contribution is -2.34. The lowest BCUT2D eigenvalue weighted by atomic mass is 9.85. The number of imide groups is 2. The second kappa shape index (κ2) is 11.1. The van der Waals surface area contributed by atoms with E-state index >= 15 is 0 Å². The van der Waals surface area contributed by atoms with Gasteiger partial charge in [-0.3, -0.25) is 28.9 Å². The predicted molar refractivity (Wildman–Crippen MR) is 125 cm³/mol. The van der Waals surface area contributed by atoms with Gasteiger partial charge in [0.2, 0.25) is 17.7 Å². The van der Waals surface area contributed by atoms with Gasteiger partial charge in [0, 0.05) is 32.4 Å². The second-order valence-corrected chi connectivity index (χ2v) is 9.81. The largest absolute Gasteiger partial charge is 0.333 e. The molecular weight excluding hydrogens is 466 g/mol. The molecule has 10 heteroatoms. The summed E-state index contributed by atoms with van der Waals surface area (Å²) in [5.41, 5.74) is 0. The van der Waals surface area contributed by atoms with Gasteiger partial charge in [-0.15, -0.1) is 11.5 Å². The molecule has 2 bridgehead atoms. The Hall–Kier alpha value is -3.48. The maximum atomic E-state index is 12.7. The Labute approximate surface area is 209 Å². The molecule has 36 heavy (non-hydrogen) atoms. The van der Waals surface area contributed by atoms with Gasteiger partial charge in [-0.1, -0.05) is 30.9 Å². The molecule has 2 heterocycles. The van der Waals surface area contributed by atoms with Crippen LogP contribution in [0.3, 0.4) is 0 Å². The Bertz CT molecular complexity index is 983. The zero-order valence-electron chi connectivity index (χ0n) is 20.2. The standard InChI is InChI=1S/C26H31N3O7/c1-2-13-27(19(30)11-12-22(33)36-29-20(31)9-10-21(29)32)14-5-3-4-6-15-28-25(34)23-17-7-8-18(16-17)24(23)26(28)35/h1,7-8,17-18,23-24H,3-6,9-16H2/t17?,18?,23-,24+. The van der Waals surface area contributed by atoms with Gasteiger partial charge < -0.3 is 9.74 Å². The predicted octanol–water partition coefficient (Wildman–Crippen LogP) is 1.20. The number of hydrogen-bond acceptors (Lipinski definition) is 7. The smallest absolute Gasteiger partial charge is 0.332 e.